The Labute approximate surface area is 150 Å². The Hall–Kier alpha value is -3.45. The van der Waals surface area contributed by atoms with E-state index in [2.05, 4.69) is 89.9 Å². The Bertz CT molecular complexity index is 1360. The molecule has 1 nitrogen and oxygen atoms in total. The highest BCUT2D eigenvalue weighted by atomic mass is 14.6. The van der Waals surface area contributed by atoms with E-state index < -0.39 is 0 Å². The van der Waals surface area contributed by atoms with E-state index >= 15 is 0 Å². The number of benzene rings is 5. The van der Waals surface area contributed by atoms with Gasteiger partial charge in [0.25, 0.3) is 0 Å². The molecule has 0 spiro atoms. The van der Waals surface area contributed by atoms with Crippen molar-refractivity contribution in [3.8, 4) is 0 Å². The number of hydrogen-bond acceptors (Lipinski definition) is 1. The smallest absolute Gasteiger partial charge is 0.0708 e. The lowest BCUT2D eigenvalue weighted by Gasteiger charge is -2.12. The van der Waals surface area contributed by atoms with Crippen molar-refractivity contribution in [3.63, 3.8) is 0 Å². The van der Waals surface area contributed by atoms with Crippen molar-refractivity contribution in [2.24, 2.45) is 0 Å². The summed E-state index contributed by atoms with van der Waals surface area (Å²) in [7, 11) is 0. The van der Waals surface area contributed by atoms with Crippen molar-refractivity contribution in [2.75, 3.05) is 0 Å². The molecular weight excluding hydrogens is 314 g/mol. The number of rotatable bonds is 0. The van der Waals surface area contributed by atoms with Crippen molar-refractivity contribution < 1.29 is 0 Å². The van der Waals surface area contributed by atoms with E-state index in [-0.39, 0.29) is 0 Å². The van der Waals surface area contributed by atoms with E-state index in [0.717, 1.165) is 5.52 Å². The number of para-hydroxylation sites is 1. The average Bonchev–Trinajstić information content (AvgIpc) is 2.72. The van der Waals surface area contributed by atoms with Crippen molar-refractivity contribution >= 4 is 54.0 Å². The van der Waals surface area contributed by atoms with Crippen LogP contribution in [0.25, 0.3) is 54.0 Å². The maximum Gasteiger partial charge on any atom is 0.0708 e. The minimum Gasteiger partial charge on any atom is -0.256 e. The second kappa shape index (κ2) is 5.03. The first-order valence-corrected chi connectivity index (χ1v) is 8.91. The molecule has 0 aliphatic heterocycles. The van der Waals surface area contributed by atoms with Crippen LogP contribution in [-0.4, -0.2) is 4.98 Å². The van der Waals surface area contributed by atoms with Gasteiger partial charge in [-0.2, -0.15) is 0 Å². The van der Waals surface area contributed by atoms with Crippen LogP contribution in [-0.2, 0) is 0 Å². The topological polar surface area (TPSA) is 12.9 Å². The van der Waals surface area contributed by atoms with Gasteiger partial charge in [0, 0.05) is 22.4 Å². The van der Waals surface area contributed by atoms with Gasteiger partial charge in [0.15, 0.2) is 0 Å². The molecule has 0 aliphatic rings. The summed E-state index contributed by atoms with van der Waals surface area (Å²) in [5.41, 5.74) is 1.05. The molecule has 0 saturated heterocycles. The quantitative estimate of drug-likeness (QED) is 0.278. The standard InChI is InChI=1S/C25H15N/c1-2-6-20-16(5-1)9-10-17-11-12-18-13-14-19-15-26-22-8-4-3-7-21(22)24(19)25(18)23(17)20/h1-15H. The van der Waals surface area contributed by atoms with Crippen LogP contribution >= 0.6 is 0 Å². The van der Waals surface area contributed by atoms with Crippen molar-refractivity contribution in [2.45, 2.75) is 0 Å². The van der Waals surface area contributed by atoms with Crippen LogP contribution in [0.2, 0.25) is 0 Å². The highest BCUT2D eigenvalue weighted by molar-refractivity contribution is 6.31. The third kappa shape index (κ3) is 1.77. The van der Waals surface area contributed by atoms with E-state index in [9.17, 15) is 0 Å². The number of aromatic nitrogens is 1. The molecule has 0 unspecified atom stereocenters. The van der Waals surface area contributed by atoms with Gasteiger partial charge in [-0.25, -0.2) is 0 Å². The summed E-state index contributed by atoms with van der Waals surface area (Å²) in [6.07, 6.45) is 2.00. The van der Waals surface area contributed by atoms with Crippen molar-refractivity contribution in [1.29, 1.82) is 0 Å². The van der Waals surface area contributed by atoms with Gasteiger partial charge in [0.2, 0.25) is 0 Å². The monoisotopic (exact) mass is 329 g/mol. The molecule has 1 aromatic heterocycles. The molecule has 0 N–H and O–H groups in total. The van der Waals surface area contributed by atoms with E-state index in [0.29, 0.717) is 0 Å². The summed E-state index contributed by atoms with van der Waals surface area (Å²) in [5.74, 6) is 0. The summed E-state index contributed by atoms with van der Waals surface area (Å²) in [6.45, 7) is 0. The molecule has 0 atom stereocenters. The molecule has 26 heavy (non-hydrogen) atoms. The van der Waals surface area contributed by atoms with Gasteiger partial charge in [-0.05, 0) is 38.4 Å². The fourth-order valence-corrected chi connectivity index (χ4v) is 4.26. The molecule has 6 rings (SSSR count). The Morgan fingerprint density at radius 3 is 1.85 bits per heavy atom. The number of fused-ring (bicyclic) bond motifs is 9. The lowest BCUT2D eigenvalue weighted by molar-refractivity contribution is 1.45. The van der Waals surface area contributed by atoms with Crippen LogP contribution in [0.1, 0.15) is 0 Å². The highest BCUT2D eigenvalue weighted by Crippen LogP contribution is 2.38. The van der Waals surface area contributed by atoms with Gasteiger partial charge in [-0.3, -0.25) is 4.98 Å². The Balaban J connectivity index is 2.03. The van der Waals surface area contributed by atoms with Crippen LogP contribution in [0.15, 0.2) is 91.1 Å². The van der Waals surface area contributed by atoms with Crippen LogP contribution in [0.4, 0.5) is 0 Å². The van der Waals surface area contributed by atoms with Crippen LogP contribution < -0.4 is 0 Å². The lowest BCUT2D eigenvalue weighted by Crippen LogP contribution is -1.86. The third-order valence-corrected chi connectivity index (χ3v) is 5.44. The number of hydrogen-bond donors (Lipinski definition) is 0. The Morgan fingerprint density at radius 1 is 0.423 bits per heavy atom. The predicted molar refractivity (Wildman–Crippen MR) is 112 cm³/mol. The molecule has 0 saturated carbocycles. The van der Waals surface area contributed by atoms with E-state index in [1.165, 1.54) is 48.5 Å². The number of nitrogens with zero attached hydrogens (tertiary/aromatic N) is 1. The molecular formula is C25H15N. The van der Waals surface area contributed by atoms with Gasteiger partial charge in [-0.1, -0.05) is 78.9 Å². The first-order valence-electron chi connectivity index (χ1n) is 8.91. The normalized spacial score (nSPS) is 11.8. The zero-order valence-corrected chi connectivity index (χ0v) is 14.1. The zero-order chi connectivity index (χ0) is 17.1. The fourth-order valence-electron chi connectivity index (χ4n) is 4.26. The van der Waals surface area contributed by atoms with Crippen LogP contribution in [0.5, 0.6) is 0 Å². The molecule has 5 aromatic carbocycles. The van der Waals surface area contributed by atoms with Crippen molar-refractivity contribution in [3.05, 3.63) is 91.1 Å². The molecule has 120 valence electrons. The van der Waals surface area contributed by atoms with Crippen LogP contribution in [0, 0.1) is 0 Å². The molecule has 0 bridgehead atoms. The molecule has 0 fully saturated rings. The number of pyridine rings is 1. The fraction of sp³-hybridized carbons (Fsp3) is 0. The maximum absolute atomic E-state index is 4.66. The first kappa shape index (κ1) is 13.8. The van der Waals surface area contributed by atoms with Gasteiger partial charge in [0.05, 0.1) is 5.52 Å². The zero-order valence-electron chi connectivity index (χ0n) is 14.1. The second-order valence-corrected chi connectivity index (χ2v) is 6.85. The van der Waals surface area contributed by atoms with E-state index in [1.54, 1.807) is 0 Å². The Morgan fingerprint density at radius 2 is 1.00 bits per heavy atom. The summed E-state index contributed by atoms with van der Waals surface area (Å²) < 4.78 is 0. The minimum atomic E-state index is 1.05. The van der Waals surface area contributed by atoms with Gasteiger partial charge < -0.3 is 0 Å². The molecule has 1 heteroatoms. The molecule has 0 amide bonds. The van der Waals surface area contributed by atoms with Crippen molar-refractivity contribution in [1.82, 2.24) is 4.98 Å². The second-order valence-electron chi connectivity index (χ2n) is 6.85. The average molecular weight is 329 g/mol. The lowest BCUT2D eigenvalue weighted by atomic mass is 9.92. The first-order chi connectivity index (χ1) is 12.9. The summed E-state index contributed by atoms with van der Waals surface area (Å²) >= 11 is 0. The molecule has 6 aromatic rings. The largest absolute Gasteiger partial charge is 0.256 e. The van der Waals surface area contributed by atoms with E-state index in [4.69, 9.17) is 0 Å². The van der Waals surface area contributed by atoms with Gasteiger partial charge >= 0.3 is 0 Å². The van der Waals surface area contributed by atoms with E-state index in [1.807, 2.05) is 6.20 Å². The SMILES string of the molecule is c1ccc2c(c1)ccc1ccc3ccc4cnc5ccccc5c4c3c12. The summed E-state index contributed by atoms with van der Waals surface area (Å²) in [5, 5.41) is 11.5. The molecule has 1 heterocycles. The summed E-state index contributed by atoms with van der Waals surface area (Å²) in [4.78, 5) is 4.66. The highest BCUT2D eigenvalue weighted by Gasteiger charge is 2.11. The van der Waals surface area contributed by atoms with Crippen LogP contribution in [0.3, 0.4) is 0 Å². The maximum atomic E-state index is 4.66. The third-order valence-electron chi connectivity index (χ3n) is 5.44. The summed E-state index contributed by atoms with van der Waals surface area (Å²) in [6, 6.07) is 30.4. The minimum absolute atomic E-state index is 1.05. The Kier molecular flexibility index (Phi) is 2.67. The molecule has 0 aliphatic carbocycles. The predicted octanol–water partition coefficient (Wildman–Crippen LogP) is 6.85. The molecule has 0 radical (unpaired) electrons. The van der Waals surface area contributed by atoms with Gasteiger partial charge in [0.1, 0.15) is 0 Å². The van der Waals surface area contributed by atoms with Gasteiger partial charge in [-0.15, -0.1) is 0 Å².